The molecule has 24 heavy (non-hydrogen) atoms. The molecule has 1 aliphatic carbocycles. The Morgan fingerprint density at radius 3 is 2.79 bits per heavy atom. The first kappa shape index (κ1) is 16.9. The number of rotatable bonds is 6. The Balaban J connectivity index is 1.83. The number of halogens is 1. The van der Waals surface area contributed by atoms with Gasteiger partial charge in [-0.2, -0.15) is 0 Å². The highest BCUT2D eigenvalue weighted by Crippen LogP contribution is 2.30. The number of hydrogen-bond acceptors (Lipinski definition) is 4. The fraction of sp³-hybridized carbons (Fsp3) is 0.471. The second-order valence-corrected chi connectivity index (χ2v) is 6.63. The molecule has 0 saturated heterocycles. The molecule has 0 spiro atoms. The Kier molecular flexibility index (Phi) is 4.87. The summed E-state index contributed by atoms with van der Waals surface area (Å²) in [5.74, 6) is 0.415. The number of amides is 1. The zero-order valence-electron chi connectivity index (χ0n) is 13.6. The topological polar surface area (TPSA) is 80.0 Å². The second kappa shape index (κ2) is 6.91. The lowest BCUT2D eigenvalue weighted by Crippen LogP contribution is -2.47. The van der Waals surface area contributed by atoms with Crippen LogP contribution in [0.25, 0.3) is 5.69 Å². The summed E-state index contributed by atoms with van der Waals surface area (Å²) >= 11 is 6.24. The van der Waals surface area contributed by atoms with E-state index in [9.17, 15) is 9.90 Å². The van der Waals surface area contributed by atoms with Crippen LogP contribution in [-0.4, -0.2) is 37.9 Å². The maximum atomic E-state index is 12.3. The van der Waals surface area contributed by atoms with Crippen LogP contribution in [0.3, 0.4) is 0 Å². The van der Waals surface area contributed by atoms with Gasteiger partial charge in [0.25, 0.3) is 5.91 Å². The average molecular weight is 349 g/mol. The van der Waals surface area contributed by atoms with Gasteiger partial charge in [0.2, 0.25) is 5.82 Å². The van der Waals surface area contributed by atoms with Crippen LogP contribution in [0.2, 0.25) is 5.02 Å². The van der Waals surface area contributed by atoms with Crippen LogP contribution in [0.4, 0.5) is 0 Å². The van der Waals surface area contributed by atoms with Crippen LogP contribution in [0, 0.1) is 0 Å². The summed E-state index contributed by atoms with van der Waals surface area (Å²) in [4.78, 5) is 16.7. The fourth-order valence-corrected chi connectivity index (χ4v) is 2.94. The summed E-state index contributed by atoms with van der Waals surface area (Å²) in [5.41, 5.74) is -0.0699. The minimum absolute atomic E-state index is 0.0984. The van der Waals surface area contributed by atoms with Gasteiger partial charge in [-0.1, -0.05) is 30.7 Å². The van der Waals surface area contributed by atoms with E-state index < -0.39 is 5.60 Å². The maximum absolute atomic E-state index is 12.3. The predicted octanol–water partition coefficient (Wildman–Crippen LogP) is 2.52. The number of carbonyl (C=O) groups excluding carboxylic acids is 1. The number of para-hydroxylation sites is 1. The van der Waals surface area contributed by atoms with Gasteiger partial charge in [-0.25, -0.2) is 9.67 Å². The van der Waals surface area contributed by atoms with Crippen molar-refractivity contribution in [3.8, 4) is 5.69 Å². The first-order chi connectivity index (χ1) is 11.5. The SMILES string of the molecule is CCCc1nc(C(=O)NCC2(O)CCC2)nn1-c1ccccc1Cl. The van der Waals surface area contributed by atoms with Crippen LogP contribution < -0.4 is 5.32 Å². The van der Waals surface area contributed by atoms with E-state index in [0.717, 1.165) is 25.7 Å². The maximum Gasteiger partial charge on any atom is 0.291 e. The highest BCUT2D eigenvalue weighted by molar-refractivity contribution is 6.32. The predicted molar refractivity (Wildman–Crippen MR) is 91.5 cm³/mol. The number of benzene rings is 1. The molecule has 0 atom stereocenters. The Hall–Kier alpha value is -1.92. The van der Waals surface area contributed by atoms with Gasteiger partial charge in [-0.05, 0) is 37.8 Å². The standard InChI is InChI=1S/C17H21ClN4O2/c1-2-6-14-20-15(16(23)19-11-17(24)9-5-10-17)21-22(14)13-8-4-3-7-12(13)18/h3-4,7-8,24H,2,5-6,9-11H2,1H3,(H,19,23). The van der Waals surface area contributed by atoms with Crippen LogP contribution in [0.15, 0.2) is 24.3 Å². The van der Waals surface area contributed by atoms with Gasteiger partial charge in [0.05, 0.1) is 16.3 Å². The summed E-state index contributed by atoms with van der Waals surface area (Å²) < 4.78 is 1.62. The minimum atomic E-state index is -0.771. The molecule has 3 rings (SSSR count). The van der Waals surface area contributed by atoms with Crippen molar-refractivity contribution >= 4 is 17.5 Å². The summed E-state index contributed by atoms with van der Waals surface area (Å²) in [6.07, 6.45) is 4.00. The van der Waals surface area contributed by atoms with E-state index >= 15 is 0 Å². The third kappa shape index (κ3) is 3.44. The van der Waals surface area contributed by atoms with Crippen molar-refractivity contribution < 1.29 is 9.90 Å². The first-order valence-corrected chi connectivity index (χ1v) is 8.61. The molecule has 1 heterocycles. The number of aryl methyl sites for hydroxylation is 1. The van der Waals surface area contributed by atoms with E-state index in [4.69, 9.17) is 11.6 Å². The van der Waals surface area contributed by atoms with E-state index in [1.807, 2.05) is 25.1 Å². The number of hydrogen-bond donors (Lipinski definition) is 2. The van der Waals surface area contributed by atoms with Crippen molar-refractivity contribution in [3.63, 3.8) is 0 Å². The Morgan fingerprint density at radius 1 is 1.42 bits per heavy atom. The number of nitrogens with one attached hydrogen (secondary N) is 1. The molecule has 1 amide bonds. The molecule has 0 bridgehead atoms. The lowest BCUT2D eigenvalue weighted by atomic mass is 9.80. The second-order valence-electron chi connectivity index (χ2n) is 6.23. The van der Waals surface area contributed by atoms with E-state index in [2.05, 4.69) is 15.4 Å². The van der Waals surface area contributed by atoms with Gasteiger partial charge in [0, 0.05) is 13.0 Å². The lowest BCUT2D eigenvalue weighted by molar-refractivity contribution is -0.0301. The summed E-state index contributed by atoms with van der Waals surface area (Å²) in [5, 5.41) is 17.7. The Bertz CT molecular complexity index is 740. The number of carbonyl (C=O) groups is 1. The van der Waals surface area contributed by atoms with E-state index in [1.165, 1.54) is 0 Å². The van der Waals surface area contributed by atoms with E-state index in [-0.39, 0.29) is 18.3 Å². The zero-order valence-corrected chi connectivity index (χ0v) is 14.4. The molecular formula is C17H21ClN4O2. The minimum Gasteiger partial charge on any atom is -0.388 e. The van der Waals surface area contributed by atoms with Gasteiger partial charge >= 0.3 is 0 Å². The van der Waals surface area contributed by atoms with Crippen molar-refractivity contribution in [1.82, 2.24) is 20.1 Å². The largest absolute Gasteiger partial charge is 0.388 e. The molecule has 0 aliphatic heterocycles. The molecule has 1 aliphatic rings. The van der Waals surface area contributed by atoms with Gasteiger partial charge < -0.3 is 10.4 Å². The molecule has 0 unspecified atom stereocenters. The third-order valence-corrected chi connectivity index (χ3v) is 4.61. The monoisotopic (exact) mass is 348 g/mol. The number of aromatic nitrogens is 3. The molecule has 2 aromatic rings. The van der Waals surface area contributed by atoms with Crippen LogP contribution >= 0.6 is 11.6 Å². The van der Waals surface area contributed by atoms with Crippen molar-refractivity contribution in [3.05, 3.63) is 40.9 Å². The van der Waals surface area contributed by atoms with Crippen molar-refractivity contribution in [2.45, 2.75) is 44.6 Å². The van der Waals surface area contributed by atoms with Gasteiger partial charge in [0.1, 0.15) is 5.82 Å². The van der Waals surface area contributed by atoms with Gasteiger partial charge in [-0.3, -0.25) is 4.79 Å². The van der Waals surface area contributed by atoms with Crippen molar-refractivity contribution in [2.75, 3.05) is 6.54 Å². The molecule has 1 fully saturated rings. The third-order valence-electron chi connectivity index (χ3n) is 4.29. The molecule has 6 nitrogen and oxygen atoms in total. The summed E-state index contributed by atoms with van der Waals surface area (Å²) in [6, 6.07) is 7.33. The van der Waals surface area contributed by atoms with Crippen LogP contribution in [-0.2, 0) is 6.42 Å². The number of aliphatic hydroxyl groups is 1. The Labute approximate surface area is 145 Å². The van der Waals surface area contributed by atoms with Crippen LogP contribution in [0.1, 0.15) is 49.1 Å². The molecule has 2 N–H and O–H groups in total. The van der Waals surface area contributed by atoms with Gasteiger partial charge in [-0.15, -0.1) is 5.10 Å². The summed E-state index contributed by atoms with van der Waals surface area (Å²) in [7, 11) is 0. The van der Waals surface area contributed by atoms with Crippen LogP contribution in [0.5, 0.6) is 0 Å². The van der Waals surface area contributed by atoms with E-state index in [0.29, 0.717) is 23.0 Å². The Morgan fingerprint density at radius 2 is 2.17 bits per heavy atom. The number of nitrogens with zero attached hydrogens (tertiary/aromatic N) is 3. The highest BCUT2D eigenvalue weighted by Gasteiger charge is 2.35. The molecule has 0 radical (unpaired) electrons. The molecule has 1 aromatic carbocycles. The quantitative estimate of drug-likeness (QED) is 0.840. The normalized spacial score (nSPS) is 15.8. The molecule has 1 saturated carbocycles. The lowest BCUT2D eigenvalue weighted by Gasteiger charge is -2.36. The fourth-order valence-electron chi connectivity index (χ4n) is 2.73. The smallest absolute Gasteiger partial charge is 0.291 e. The molecule has 7 heteroatoms. The molecular weight excluding hydrogens is 328 g/mol. The summed E-state index contributed by atoms with van der Waals surface area (Å²) in [6.45, 7) is 2.27. The van der Waals surface area contributed by atoms with Gasteiger partial charge in [0.15, 0.2) is 0 Å². The van der Waals surface area contributed by atoms with E-state index in [1.54, 1.807) is 10.7 Å². The average Bonchev–Trinajstić information content (AvgIpc) is 2.95. The first-order valence-electron chi connectivity index (χ1n) is 8.24. The van der Waals surface area contributed by atoms with Crippen molar-refractivity contribution in [2.24, 2.45) is 0 Å². The molecule has 128 valence electrons. The van der Waals surface area contributed by atoms with Crippen molar-refractivity contribution in [1.29, 1.82) is 0 Å². The molecule has 1 aromatic heterocycles. The zero-order chi connectivity index (χ0) is 17.2. The highest BCUT2D eigenvalue weighted by atomic mass is 35.5.